The van der Waals surface area contributed by atoms with Crippen molar-refractivity contribution in [1.82, 2.24) is 4.90 Å². The van der Waals surface area contributed by atoms with Crippen molar-refractivity contribution >= 4 is 6.09 Å². The maximum Gasteiger partial charge on any atom is 0.410 e. The second kappa shape index (κ2) is 6.74. The van der Waals surface area contributed by atoms with Crippen molar-refractivity contribution in [3.05, 3.63) is 0 Å². The lowest BCUT2D eigenvalue weighted by Gasteiger charge is -2.28. The highest BCUT2D eigenvalue weighted by molar-refractivity contribution is 5.67. The zero-order valence-corrected chi connectivity index (χ0v) is 10.3. The summed E-state index contributed by atoms with van der Waals surface area (Å²) >= 11 is 0. The average molecular weight is 229 g/mol. The maximum atomic E-state index is 11.8. The average Bonchev–Trinajstić information content (AvgIpc) is 2.30. The van der Waals surface area contributed by atoms with E-state index in [1.54, 1.807) is 4.90 Å². The minimum atomic E-state index is -0.197. The van der Waals surface area contributed by atoms with Crippen LogP contribution in [0.4, 0.5) is 4.79 Å². The van der Waals surface area contributed by atoms with Gasteiger partial charge >= 0.3 is 6.09 Å². The Kier molecular flexibility index (Phi) is 5.60. The summed E-state index contributed by atoms with van der Waals surface area (Å²) in [4.78, 5) is 13.5. The second-order valence-corrected chi connectivity index (χ2v) is 4.63. The molecule has 0 aromatic rings. The van der Waals surface area contributed by atoms with Crippen molar-refractivity contribution in [2.45, 2.75) is 45.6 Å². The fraction of sp³-hybridized carbons (Fsp3) is 0.917. The first-order valence-electron chi connectivity index (χ1n) is 6.21. The molecule has 0 spiro atoms. The van der Waals surface area contributed by atoms with Crippen LogP contribution in [0.5, 0.6) is 0 Å². The Labute approximate surface area is 97.6 Å². The predicted molar refractivity (Wildman–Crippen MR) is 62.2 cm³/mol. The highest BCUT2D eigenvalue weighted by Crippen LogP contribution is 2.15. The molecule has 1 N–H and O–H groups in total. The van der Waals surface area contributed by atoms with Gasteiger partial charge in [0, 0.05) is 19.7 Å². The van der Waals surface area contributed by atoms with Crippen molar-refractivity contribution in [1.29, 1.82) is 0 Å². The fourth-order valence-electron chi connectivity index (χ4n) is 1.86. The first kappa shape index (κ1) is 13.3. The lowest BCUT2D eigenvalue weighted by atomic mass is 10.0. The molecule has 16 heavy (non-hydrogen) atoms. The number of carbonyl (C=O) groups is 1. The molecule has 0 bridgehead atoms. The molecule has 94 valence electrons. The van der Waals surface area contributed by atoms with E-state index in [1.165, 1.54) is 6.42 Å². The third kappa shape index (κ3) is 4.00. The number of hydrogen-bond acceptors (Lipinski definition) is 3. The van der Waals surface area contributed by atoms with Crippen LogP contribution in [0.3, 0.4) is 0 Å². The van der Waals surface area contributed by atoms with Crippen molar-refractivity contribution in [2.24, 2.45) is 5.92 Å². The van der Waals surface area contributed by atoms with E-state index < -0.39 is 0 Å². The van der Waals surface area contributed by atoms with E-state index >= 15 is 0 Å². The van der Waals surface area contributed by atoms with E-state index in [9.17, 15) is 4.79 Å². The van der Waals surface area contributed by atoms with Gasteiger partial charge in [0.2, 0.25) is 0 Å². The maximum absolute atomic E-state index is 11.8. The summed E-state index contributed by atoms with van der Waals surface area (Å²) in [6.45, 7) is 5.67. The monoisotopic (exact) mass is 229 g/mol. The van der Waals surface area contributed by atoms with E-state index in [4.69, 9.17) is 9.84 Å². The molecule has 4 nitrogen and oxygen atoms in total. The zero-order chi connectivity index (χ0) is 12.0. The summed E-state index contributed by atoms with van der Waals surface area (Å²) < 4.78 is 5.38. The van der Waals surface area contributed by atoms with Crippen LogP contribution >= 0.6 is 0 Å². The third-order valence-corrected chi connectivity index (χ3v) is 3.29. The van der Waals surface area contributed by atoms with Crippen LogP contribution in [0.25, 0.3) is 0 Å². The largest absolute Gasteiger partial charge is 0.446 e. The van der Waals surface area contributed by atoms with Gasteiger partial charge in [-0.3, -0.25) is 0 Å². The summed E-state index contributed by atoms with van der Waals surface area (Å²) in [6.07, 6.45) is 3.72. The van der Waals surface area contributed by atoms with Gasteiger partial charge in [-0.1, -0.05) is 6.92 Å². The van der Waals surface area contributed by atoms with Crippen LogP contribution < -0.4 is 0 Å². The van der Waals surface area contributed by atoms with Crippen LogP contribution in [0.15, 0.2) is 0 Å². The first-order chi connectivity index (χ1) is 7.65. The van der Waals surface area contributed by atoms with E-state index in [0.29, 0.717) is 6.42 Å². The van der Waals surface area contributed by atoms with Crippen LogP contribution in [0, 0.1) is 5.92 Å². The summed E-state index contributed by atoms with van der Waals surface area (Å²) in [7, 11) is 0. The van der Waals surface area contributed by atoms with Gasteiger partial charge < -0.3 is 14.7 Å². The Balaban J connectivity index is 2.31. The molecule has 2 unspecified atom stereocenters. The molecule has 1 fully saturated rings. The van der Waals surface area contributed by atoms with Crippen molar-refractivity contribution in [2.75, 3.05) is 19.7 Å². The third-order valence-electron chi connectivity index (χ3n) is 3.29. The summed E-state index contributed by atoms with van der Waals surface area (Å²) in [6, 6.07) is 0. The number of likely N-dealkylation sites (tertiary alicyclic amines) is 1. The Bertz CT molecular complexity index is 214. The van der Waals surface area contributed by atoms with Crippen molar-refractivity contribution < 1.29 is 14.6 Å². The molecule has 1 aliphatic rings. The molecule has 0 aromatic carbocycles. The molecule has 1 amide bonds. The molecular formula is C12H23NO3. The smallest absolute Gasteiger partial charge is 0.410 e. The van der Waals surface area contributed by atoms with Crippen LogP contribution in [0.2, 0.25) is 0 Å². The van der Waals surface area contributed by atoms with Gasteiger partial charge in [-0.25, -0.2) is 4.79 Å². The Morgan fingerprint density at radius 2 is 1.94 bits per heavy atom. The van der Waals surface area contributed by atoms with Gasteiger partial charge in [-0.15, -0.1) is 0 Å². The zero-order valence-electron chi connectivity index (χ0n) is 10.3. The number of aliphatic hydroxyl groups is 1. The highest BCUT2D eigenvalue weighted by atomic mass is 16.6. The van der Waals surface area contributed by atoms with Crippen molar-refractivity contribution in [3.63, 3.8) is 0 Å². The molecule has 1 heterocycles. The van der Waals surface area contributed by atoms with E-state index in [0.717, 1.165) is 25.9 Å². The molecule has 0 saturated carbocycles. The lowest BCUT2D eigenvalue weighted by Crippen LogP contribution is -2.38. The number of nitrogens with zero attached hydrogens (tertiary/aromatic N) is 1. The summed E-state index contributed by atoms with van der Waals surface area (Å²) in [5, 5.41) is 8.82. The molecule has 2 atom stereocenters. The van der Waals surface area contributed by atoms with Crippen molar-refractivity contribution in [3.8, 4) is 0 Å². The van der Waals surface area contributed by atoms with Gasteiger partial charge in [0.1, 0.15) is 6.10 Å². The Morgan fingerprint density at radius 1 is 1.31 bits per heavy atom. The predicted octanol–water partition coefficient (Wildman–Crippen LogP) is 2.02. The molecule has 1 aliphatic heterocycles. The minimum Gasteiger partial charge on any atom is -0.446 e. The van der Waals surface area contributed by atoms with E-state index in [-0.39, 0.29) is 24.7 Å². The second-order valence-electron chi connectivity index (χ2n) is 4.63. The quantitative estimate of drug-likeness (QED) is 0.802. The van der Waals surface area contributed by atoms with Gasteiger partial charge in [-0.05, 0) is 38.5 Å². The molecular weight excluding hydrogens is 206 g/mol. The summed E-state index contributed by atoms with van der Waals surface area (Å²) in [5.74, 6) is 0.207. The Morgan fingerprint density at radius 3 is 2.50 bits per heavy atom. The molecule has 1 saturated heterocycles. The number of rotatable bonds is 4. The lowest BCUT2D eigenvalue weighted by molar-refractivity contribution is 0.0375. The minimum absolute atomic E-state index is 0.124. The number of hydrogen-bond donors (Lipinski definition) is 1. The topological polar surface area (TPSA) is 49.8 Å². The standard InChI is InChI=1S/C12H23NO3/c1-10(6-9-14)11(2)16-12(15)13-7-4-3-5-8-13/h10-11,14H,3-9H2,1-2H3. The number of aliphatic hydroxyl groups excluding tert-OH is 1. The number of amides is 1. The number of ether oxygens (including phenoxy) is 1. The van der Waals surface area contributed by atoms with E-state index in [1.807, 2.05) is 13.8 Å². The van der Waals surface area contributed by atoms with Crippen LogP contribution in [0.1, 0.15) is 39.5 Å². The molecule has 4 heteroatoms. The van der Waals surface area contributed by atoms with E-state index in [2.05, 4.69) is 0 Å². The number of piperidine rings is 1. The molecule has 0 radical (unpaired) electrons. The summed E-state index contributed by atoms with van der Waals surface area (Å²) in [5.41, 5.74) is 0. The van der Waals surface area contributed by atoms with Gasteiger partial charge in [-0.2, -0.15) is 0 Å². The SMILES string of the molecule is CC(CCO)C(C)OC(=O)N1CCCCC1. The molecule has 0 aromatic heterocycles. The van der Waals surface area contributed by atoms with Gasteiger partial charge in [0.05, 0.1) is 0 Å². The first-order valence-corrected chi connectivity index (χ1v) is 6.21. The normalized spacial score (nSPS) is 20.3. The molecule has 0 aliphatic carbocycles. The van der Waals surface area contributed by atoms with Gasteiger partial charge in [0.15, 0.2) is 0 Å². The Hall–Kier alpha value is -0.770. The van der Waals surface area contributed by atoms with Crippen LogP contribution in [-0.4, -0.2) is 41.9 Å². The van der Waals surface area contributed by atoms with Gasteiger partial charge in [0.25, 0.3) is 0 Å². The molecule has 1 rings (SSSR count). The fourth-order valence-corrected chi connectivity index (χ4v) is 1.86. The van der Waals surface area contributed by atoms with Crippen LogP contribution in [-0.2, 0) is 4.74 Å². The number of carbonyl (C=O) groups excluding carboxylic acids is 1. The highest BCUT2D eigenvalue weighted by Gasteiger charge is 2.22.